The maximum Gasteiger partial charge on any atom is 0.236 e. The summed E-state index contributed by atoms with van der Waals surface area (Å²) < 4.78 is 10.7. The molecule has 0 atom stereocenters. The lowest BCUT2D eigenvalue weighted by Gasteiger charge is -2.36. The van der Waals surface area contributed by atoms with Crippen molar-refractivity contribution in [2.45, 2.75) is 0 Å². The average molecular weight is 454 g/mol. The fraction of sp³-hybridized carbons (Fsp3) is 0.435. The summed E-state index contributed by atoms with van der Waals surface area (Å²) in [5.74, 6) is 2.76. The van der Waals surface area contributed by atoms with Gasteiger partial charge in [-0.3, -0.25) is 4.79 Å². The van der Waals surface area contributed by atoms with Gasteiger partial charge in [-0.05, 0) is 23.8 Å². The van der Waals surface area contributed by atoms with Gasteiger partial charge in [0.1, 0.15) is 11.4 Å². The number of nitrogen functional groups attached to an aromatic ring is 1. The first-order valence-electron chi connectivity index (χ1n) is 11.1. The summed E-state index contributed by atoms with van der Waals surface area (Å²) in [4.78, 5) is 27.5. The van der Waals surface area contributed by atoms with E-state index in [1.807, 2.05) is 36.4 Å². The van der Waals surface area contributed by atoms with Crippen LogP contribution in [0, 0.1) is 0 Å². The molecule has 0 spiro atoms. The van der Waals surface area contributed by atoms with Crippen LogP contribution in [0.1, 0.15) is 11.4 Å². The third-order valence-corrected chi connectivity index (χ3v) is 5.88. The third-order valence-electron chi connectivity index (χ3n) is 5.88. The Kier molecular flexibility index (Phi) is 7.26. The number of carbonyl (C=O) groups is 1. The lowest BCUT2D eigenvalue weighted by molar-refractivity contribution is -0.129. The maximum absolute atomic E-state index is 11.9. The number of aromatic nitrogens is 2. The van der Waals surface area contributed by atoms with Crippen LogP contribution in [0.15, 0.2) is 24.3 Å². The Hall–Kier alpha value is -3.37. The van der Waals surface area contributed by atoms with Crippen molar-refractivity contribution in [3.8, 4) is 5.75 Å². The van der Waals surface area contributed by atoms with Crippen molar-refractivity contribution in [1.82, 2.24) is 14.9 Å². The normalized spacial score (nSPS) is 17.0. The summed E-state index contributed by atoms with van der Waals surface area (Å²) in [7, 11) is 1.65. The van der Waals surface area contributed by atoms with Gasteiger partial charge in [-0.1, -0.05) is 18.2 Å². The van der Waals surface area contributed by atoms with E-state index in [-0.39, 0.29) is 12.5 Å². The Balaban J connectivity index is 1.62. The highest BCUT2D eigenvalue weighted by Gasteiger charge is 2.26. The van der Waals surface area contributed by atoms with Crippen LogP contribution in [-0.4, -0.2) is 86.9 Å². The van der Waals surface area contributed by atoms with Gasteiger partial charge < -0.3 is 35.6 Å². The van der Waals surface area contributed by atoms with E-state index in [1.165, 1.54) is 0 Å². The predicted octanol–water partition coefficient (Wildman–Crippen LogP) is 0.682. The van der Waals surface area contributed by atoms with E-state index in [2.05, 4.69) is 9.80 Å². The summed E-state index contributed by atoms with van der Waals surface area (Å²) in [5.41, 5.74) is 13.7. The molecule has 1 aromatic heterocycles. The molecule has 0 aliphatic carbocycles. The van der Waals surface area contributed by atoms with Gasteiger partial charge in [0.15, 0.2) is 17.5 Å². The number of benzene rings is 1. The van der Waals surface area contributed by atoms with Gasteiger partial charge in [-0.15, -0.1) is 0 Å². The van der Waals surface area contributed by atoms with Crippen molar-refractivity contribution in [2.75, 3.05) is 81.7 Å². The van der Waals surface area contributed by atoms with Crippen molar-refractivity contribution in [3.63, 3.8) is 0 Å². The molecule has 4 N–H and O–H groups in total. The molecule has 4 rings (SSSR count). The molecule has 1 aromatic carbocycles. The first-order valence-corrected chi connectivity index (χ1v) is 11.1. The third kappa shape index (κ3) is 5.35. The van der Waals surface area contributed by atoms with Crippen LogP contribution in [0.2, 0.25) is 0 Å². The first kappa shape index (κ1) is 22.8. The van der Waals surface area contributed by atoms with Crippen molar-refractivity contribution < 1.29 is 14.3 Å². The molecular weight excluding hydrogens is 422 g/mol. The van der Waals surface area contributed by atoms with Crippen molar-refractivity contribution in [1.29, 1.82) is 0 Å². The molecule has 0 bridgehead atoms. The number of ether oxygens (including phenoxy) is 2. The Bertz CT molecular complexity index is 982. The minimum Gasteiger partial charge on any atom is -0.497 e. The van der Waals surface area contributed by atoms with Crippen LogP contribution in [-0.2, 0) is 9.53 Å². The molecule has 10 heteroatoms. The molecule has 2 saturated heterocycles. The molecule has 33 heavy (non-hydrogen) atoms. The van der Waals surface area contributed by atoms with Crippen molar-refractivity contribution >= 4 is 35.4 Å². The number of rotatable bonds is 6. The molecular formula is C23H31N7O3. The topological polar surface area (TPSA) is 123 Å². The van der Waals surface area contributed by atoms with Gasteiger partial charge in [0.25, 0.3) is 0 Å². The van der Waals surface area contributed by atoms with Crippen LogP contribution >= 0.6 is 0 Å². The van der Waals surface area contributed by atoms with E-state index in [9.17, 15) is 4.79 Å². The first-order chi connectivity index (χ1) is 16.1. The van der Waals surface area contributed by atoms with Crippen molar-refractivity contribution in [3.05, 3.63) is 35.7 Å². The molecule has 0 unspecified atom stereocenters. The highest BCUT2D eigenvalue weighted by molar-refractivity contribution is 5.80. The van der Waals surface area contributed by atoms with Gasteiger partial charge in [0.05, 0.1) is 26.9 Å². The lowest BCUT2D eigenvalue weighted by atomic mass is 10.2. The highest BCUT2D eigenvalue weighted by atomic mass is 16.5. The van der Waals surface area contributed by atoms with Gasteiger partial charge in [-0.25, -0.2) is 9.97 Å². The molecule has 2 aliphatic rings. The van der Waals surface area contributed by atoms with E-state index >= 15 is 0 Å². The average Bonchev–Trinajstić information content (AvgIpc) is 2.88. The number of morpholine rings is 1. The van der Waals surface area contributed by atoms with Gasteiger partial charge in [-0.2, -0.15) is 0 Å². The number of nitrogens with two attached hydrogens (primary N) is 2. The van der Waals surface area contributed by atoms with E-state index < -0.39 is 0 Å². The lowest BCUT2D eigenvalue weighted by Crippen LogP contribution is -2.50. The molecule has 0 saturated carbocycles. The number of hydrogen-bond acceptors (Lipinski definition) is 9. The van der Waals surface area contributed by atoms with Gasteiger partial charge in [0, 0.05) is 39.3 Å². The summed E-state index contributed by atoms with van der Waals surface area (Å²) in [6.07, 6.45) is 3.86. The standard InChI is InChI=1S/C23H31N7O3/c1-32-18-5-2-17(3-6-18)4-7-19-26-22(29-10-8-28(9-11-29)20(31)16-24)21(25)23(27-19)30-12-14-33-15-13-30/h2-7H,8-16,24-25H2,1H3. The number of methoxy groups -OCH3 is 1. The molecule has 0 radical (unpaired) electrons. The zero-order valence-electron chi connectivity index (χ0n) is 18.9. The van der Waals surface area contributed by atoms with Crippen LogP contribution in [0.5, 0.6) is 5.75 Å². The number of amides is 1. The monoisotopic (exact) mass is 453 g/mol. The Labute approximate surface area is 193 Å². The molecule has 1 amide bonds. The number of nitrogens with zero attached hydrogens (tertiary/aromatic N) is 5. The zero-order chi connectivity index (χ0) is 23.2. The molecule has 176 valence electrons. The smallest absolute Gasteiger partial charge is 0.236 e. The van der Waals surface area contributed by atoms with Crippen LogP contribution < -0.4 is 26.0 Å². The number of carbonyl (C=O) groups excluding carboxylic acids is 1. The van der Waals surface area contributed by atoms with Gasteiger partial charge in [0.2, 0.25) is 5.91 Å². The molecule has 2 aromatic rings. The quantitative estimate of drug-likeness (QED) is 0.650. The number of anilines is 3. The van der Waals surface area contributed by atoms with E-state index in [1.54, 1.807) is 12.0 Å². The Morgan fingerprint density at radius 2 is 1.61 bits per heavy atom. The van der Waals surface area contributed by atoms with E-state index in [0.29, 0.717) is 56.7 Å². The minimum atomic E-state index is -0.0394. The van der Waals surface area contributed by atoms with E-state index in [0.717, 1.165) is 30.2 Å². The Morgan fingerprint density at radius 1 is 1.00 bits per heavy atom. The van der Waals surface area contributed by atoms with Gasteiger partial charge >= 0.3 is 0 Å². The molecule has 2 aliphatic heterocycles. The number of piperazine rings is 1. The molecule has 10 nitrogen and oxygen atoms in total. The second-order valence-electron chi connectivity index (χ2n) is 7.92. The predicted molar refractivity (Wildman–Crippen MR) is 129 cm³/mol. The summed E-state index contributed by atoms with van der Waals surface area (Å²) >= 11 is 0. The van der Waals surface area contributed by atoms with Crippen molar-refractivity contribution in [2.24, 2.45) is 5.73 Å². The molecule has 2 fully saturated rings. The number of hydrogen-bond donors (Lipinski definition) is 2. The fourth-order valence-corrected chi connectivity index (χ4v) is 3.98. The summed E-state index contributed by atoms with van der Waals surface area (Å²) in [6, 6.07) is 7.78. The van der Waals surface area contributed by atoms with E-state index in [4.69, 9.17) is 30.9 Å². The zero-order valence-corrected chi connectivity index (χ0v) is 18.9. The maximum atomic E-state index is 11.9. The SMILES string of the molecule is COc1ccc(C=Cc2nc(N3CCOCC3)c(N)c(N3CCN(C(=O)CN)CC3)n2)cc1. The van der Waals surface area contributed by atoms with Crippen LogP contribution in [0.4, 0.5) is 17.3 Å². The highest BCUT2D eigenvalue weighted by Crippen LogP contribution is 2.31. The molecule has 3 heterocycles. The largest absolute Gasteiger partial charge is 0.497 e. The minimum absolute atomic E-state index is 0.0249. The Morgan fingerprint density at radius 3 is 2.18 bits per heavy atom. The second-order valence-corrected chi connectivity index (χ2v) is 7.92. The second kappa shape index (κ2) is 10.5. The van der Waals surface area contributed by atoms with Crippen LogP contribution in [0.25, 0.3) is 12.2 Å². The summed E-state index contributed by atoms with van der Waals surface area (Å²) in [6.45, 7) is 5.19. The fourth-order valence-electron chi connectivity index (χ4n) is 3.98. The summed E-state index contributed by atoms with van der Waals surface area (Å²) in [5, 5.41) is 0. The van der Waals surface area contributed by atoms with Crippen LogP contribution in [0.3, 0.4) is 0 Å².